The highest BCUT2D eigenvalue weighted by atomic mass is 35.5. The molecule has 3 aromatic rings. The molecule has 2 aromatic heterocycles. The van der Waals surface area contributed by atoms with Crippen LogP contribution in [0.2, 0.25) is 0 Å². The predicted molar refractivity (Wildman–Crippen MR) is 86.4 cm³/mol. The Hall–Kier alpha value is -1.96. The van der Waals surface area contributed by atoms with E-state index < -0.39 is 10.0 Å². The monoisotopic (exact) mass is 338 g/mol. The quantitative estimate of drug-likeness (QED) is 0.787. The number of rotatable bonds is 3. The summed E-state index contributed by atoms with van der Waals surface area (Å²) in [6, 6.07) is 8.30. The van der Waals surface area contributed by atoms with Crippen molar-refractivity contribution in [2.45, 2.75) is 18.4 Å². The maximum Gasteiger partial charge on any atom is 0.269 e. The second kappa shape index (κ2) is 6.04. The lowest BCUT2D eigenvalue weighted by Crippen LogP contribution is -2.12. The van der Waals surface area contributed by atoms with Gasteiger partial charge in [-0.05, 0) is 25.1 Å². The Kier molecular flexibility index (Phi) is 4.50. The summed E-state index contributed by atoms with van der Waals surface area (Å²) in [6.07, 6.45) is 2.95. The van der Waals surface area contributed by atoms with Gasteiger partial charge in [-0.2, -0.15) is 0 Å². The van der Waals surface area contributed by atoms with Crippen LogP contribution in [-0.4, -0.2) is 22.4 Å². The summed E-state index contributed by atoms with van der Waals surface area (Å²) in [5, 5.41) is 0. The minimum atomic E-state index is -3.68. The molecule has 0 aliphatic rings. The summed E-state index contributed by atoms with van der Waals surface area (Å²) in [5.74, 6) is 0. The smallest absolute Gasteiger partial charge is 0.269 e. The van der Waals surface area contributed by atoms with E-state index in [4.69, 9.17) is 5.73 Å². The molecular weight excluding hydrogens is 324 g/mol. The Bertz CT molecular complexity index is 904. The van der Waals surface area contributed by atoms with Crippen LogP contribution in [-0.2, 0) is 16.6 Å². The van der Waals surface area contributed by atoms with E-state index in [-0.39, 0.29) is 23.8 Å². The van der Waals surface area contributed by atoms with Crippen LogP contribution in [0.1, 0.15) is 11.3 Å². The van der Waals surface area contributed by atoms with E-state index in [0.29, 0.717) is 16.9 Å². The first-order chi connectivity index (χ1) is 10.0. The first kappa shape index (κ1) is 16.4. The van der Waals surface area contributed by atoms with Gasteiger partial charge in [-0.25, -0.2) is 22.4 Å². The van der Waals surface area contributed by atoms with E-state index >= 15 is 0 Å². The number of aryl methyl sites for hydroxylation is 1. The molecule has 0 aliphatic carbocycles. The zero-order valence-corrected chi connectivity index (χ0v) is 13.4. The molecule has 1 aromatic carbocycles. The van der Waals surface area contributed by atoms with Crippen LogP contribution < -0.4 is 5.73 Å². The van der Waals surface area contributed by atoms with E-state index in [0.717, 1.165) is 9.54 Å². The van der Waals surface area contributed by atoms with E-state index in [9.17, 15) is 8.42 Å². The third-order valence-electron chi connectivity index (χ3n) is 3.19. The molecular formula is C14H15ClN4O2S. The van der Waals surface area contributed by atoms with Crippen molar-refractivity contribution in [1.29, 1.82) is 0 Å². The predicted octanol–water partition coefficient (Wildman–Crippen LogP) is 1.86. The van der Waals surface area contributed by atoms with Gasteiger partial charge in [-0.1, -0.05) is 17.7 Å². The van der Waals surface area contributed by atoms with Crippen molar-refractivity contribution in [1.82, 2.24) is 13.9 Å². The Morgan fingerprint density at radius 3 is 2.50 bits per heavy atom. The Labute approximate surface area is 134 Å². The molecule has 0 spiro atoms. The lowest BCUT2D eigenvalue weighted by Gasteiger charge is -2.07. The molecule has 3 rings (SSSR count). The van der Waals surface area contributed by atoms with Gasteiger partial charge in [-0.15, -0.1) is 12.4 Å². The van der Waals surface area contributed by atoms with Crippen LogP contribution in [0.15, 0.2) is 47.6 Å². The molecule has 0 fully saturated rings. The lowest BCUT2D eigenvalue weighted by molar-refractivity contribution is 0.588. The van der Waals surface area contributed by atoms with Gasteiger partial charge < -0.3 is 5.73 Å². The summed E-state index contributed by atoms with van der Waals surface area (Å²) in [6.45, 7) is 2.17. The number of hydrogen-bond acceptors (Lipinski definition) is 5. The largest absolute Gasteiger partial charge is 0.325 e. The highest BCUT2D eigenvalue weighted by Crippen LogP contribution is 2.20. The number of nitrogens with zero attached hydrogens (tertiary/aromatic N) is 3. The summed E-state index contributed by atoms with van der Waals surface area (Å²) >= 11 is 0. The van der Waals surface area contributed by atoms with Crippen molar-refractivity contribution in [3.05, 3.63) is 54.0 Å². The van der Waals surface area contributed by atoms with E-state index in [2.05, 4.69) is 9.97 Å². The molecule has 0 saturated carbocycles. The standard InChI is InChI=1S/C14H14N4O2S.ClH/c1-10-2-4-12(5-3-10)21(19,20)18-7-6-13-14(18)16-9-11(8-15)17-13;/h2-7,9H,8,15H2,1H3;1H. The second-order valence-electron chi connectivity index (χ2n) is 4.70. The van der Waals surface area contributed by atoms with Crippen LogP contribution in [0.4, 0.5) is 0 Å². The van der Waals surface area contributed by atoms with Crippen LogP contribution in [0.3, 0.4) is 0 Å². The molecule has 0 aliphatic heterocycles. The molecule has 2 heterocycles. The number of hydrogen-bond donors (Lipinski definition) is 1. The molecule has 116 valence electrons. The van der Waals surface area contributed by atoms with Crippen LogP contribution in [0.5, 0.6) is 0 Å². The summed E-state index contributed by atoms with van der Waals surface area (Å²) in [4.78, 5) is 8.64. The number of fused-ring (bicyclic) bond motifs is 1. The number of benzene rings is 1. The number of nitrogens with two attached hydrogens (primary N) is 1. The molecule has 6 nitrogen and oxygen atoms in total. The van der Waals surface area contributed by atoms with E-state index in [1.807, 2.05) is 6.92 Å². The van der Waals surface area contributed by atoms with Gasteiger partial charge in [0.25, 0.3) is 10.0 Å². The fourth-order valence-electron chi connectivity index (χ4n) is 2.04. The molecule has 0 unspecified atom stereocenters. The van der Waals surface area contributed by atoms with E-state index in [1.165, 1.54) is 12.4 Å². The van der Waals surface area contributed by atoms with Gasteiger partial charge in [0.2, 0.25) is 0 Å². The van der Waals surface area contributed by atoms with Crippen LogP contribution >= 0.6 is 12.4 Å². The SMILES string of the molecule is Cc1ccc(S(=O)(=O)n2ccc3nc(CN)cnc32)cc1.Cl. The van der Waals surface area contributed by atoms with Crippen molar-refractivity contribution >= 4 is 33.6 Å². The topological polar surface area (TPSA) is 90.9 Å². The van der Waals surface area contributed by atoms with Crippen molar-refractivity contribution in [3.63, 3.8) is 0 Å². The second-order valence-corrected chi connectivity index (χ2v) is 6.52. The van der Waals surface area contributed by atoms with Crippen molar-refractivity contribution < 1.29 is 8.42 Å². The third-order valence-corrected chi connectivity index (χ3v) is 4.87. The highest BCUT2D eigenvalue weighted by molar-refractivity contribution is 7.90. The maximum absolute atomic E-state index is 12.6. The first-order valence-electron chi connectivity index (χ1n) is 6.37. The summed E-state index contributed by atoms with van der Waals surface area (Å²) in [7, 11) is -3.68. The molecule has 2 N–H and O–H groups in total. The zero-order valence-electron chi connectivity index (χ0n) is 11.8. The van der Waals surface area contributed by atoms with Gasteiger partial charge in [0, 0.05) is 12.7 Å². The first-order valence-corrected chi connectivity index (χ1v) is 7.81. The van der Waals surface area contributed by atoms with E-state index in [1.54, 1.807) is 30.3 Å². The zero-order chi connectivity index (χ0) is 15.0. The van der Waals surface area contributed by atoms with Gasteiger partial charge in [0.1, 0.15) is 5.52 Å². The summed E-state index contributed by atoms with van der Waals surface area (Å²) in [5.41, 5.74) is 7.94. The number of aromatic nitrogens is 3. The minimum Gasteiger partial charge on any atom is -0.325 e. The van der Waals surface area contributed by atoms with Crippen LogP contribution in [0, 0.1) is 6.92 Å². The minimum absolute atomic E-state index is 0. The molecule has 0 amide bonds. The molecule has 0 saturated heterocycles. The molecule has 8 heteroatoms. The maximum atomic E-state index is 12.6. The normalized spacial score (nSPS) is 11.4. The van der Waals surface area contributed by atoms with Gasteiger partial charge >= 0.3 is 0 Å². The van der Waals surface area contributed by atoms with Gasteiger partial charge in [-0.3, -0.25) is 0 Å². The lowest BCUT2D eigenvalue weighted by atomic mass is 10.2. The molecule has 22 heavy (non-hydrogen) atoms. The fourth-order valence-corrected chi connectivity index (χ4v) is 3.34. The van der Waals surface area contributed by atoms with Crippen molar-refractivity contribution in [2.75, 3.05) is 0 Å². The van der Waals surface area contributed by atoms with Gasteiger partial charge in [0.15, 0.2) is 5.65 Å². The Morgan fingerprint density at radius 1 is 1.18 bits per heavy atom. The fraction of sp³-hybridized carbons (Fsp3) is 0.143. The van der Waals surface area contributed by atoms with Crippen molar-refractivity contribution in [3.8, 4) is 0 Å². The highest BCUT2D eigenvalue weighted by Gasteiger charge is 2.19. The average molecular weight is 339 g/mol. The molecule has 0 atom stereocenters. The third kappa shape index (κ3) is 2.70. The number of halogens is 1. The Morgan fingerprint density at radius 2 is 1.86 bits per heavy atom. The summed E-state index contributed by atoms with van der Waals surface area (Å²) < 4.78 is 26.4. The Balaban J connectivity index is 0.00000176. The molecule has 0 radical (unpaired) electrons. The van der Waals surface area contributed by atoms with Crippen molar-refractivity contribution in [2.24, 2.45) is 5.73 Å². The molecule has 0 bridgehead atoms. The van der Waals surface area contributed by atoms with Gasteiger partial charge in [0.05, 0.1) is 16.8 Å². The van der Waals surface area contributed by atoms with Crippen LogP contribution in [0.25, 0.3) is 11.2 Å². The average Bonchev–Trinajstić information content (AvgIpc) is 2.91.